The van der Waals surface area contributed by atoms with Gasteiger partial charge in [0.25, 0.3) is 0 Å². The van der Waals surface area contributed by atoms with Gasteiger partial charge >= 0.3 is 0 Å². The first-order valence-electron chi connectivity index (χ1n) is 9.43. The van der Waals surface area contributed by atoms with Gasteiger partial charge in [0.1, 0.15) is 28.1 Å². The van der Waals surface area contributed by atoms with Crippen LogP contribution in [0.25, 0.3) is 16.8 Å². The van der Waals surface area contributed by atoms with E-state index in [1.165, 1.54) is 11.3 Å². The van der Waals surface area contributed by atoms with Gasteiger partial charge in [-0.25, -0.2) is 4.98 Å². The first-order valence-corrected chi connectivity index (χ1v) is 10.3. The minimum absolute atomic E-state index is 0.484. The second-order valence-electron chi connectivity index (χ2n) is 6.31. The van der Waals surface area contributed by atoms with Crippen LogP contribution in [0.5, 0.6) is 11.5 Å². The number of hydrogen-bond donors (Lipinski definition) is 1. The van der Waals surface area contributed by atoms with E-state index in [4.69, 9.17) is 9.47 Å². The standard InChI is InChI=1S/C23H23N3O2S/c1-3-4-13-28-21-11-7-19(8-12-21)25-15-18(14-24)23-26-22(16-29-23)17-5-9-20(27-2)10-6-17/h5-12,15-16,25H,3-4,13H2,1-2H3. The van der Waals surface area contributed by atoms with E-state index in [0.29, 0.717) is 10.6 Å². The van der Waals surface area contributed by atoms with Gasteiger partial charge < -0.3 is 14.8 Å². The topological polar surface area (TPSA) is 67.2 Å². The fraction of sp³-hybridized carbons (Fsp3) is 0.217. The van der Waals surface area contributed by atoms with Gasteiger partial charge in [-0.3, -0.25) is 0 Å². The number of methoxy groups -OCH3 is 1. The lowest BCUT2D eigenvalue weighted by Crippen LogP contribution is -1.96. The van der Waals surface area contributed by atoms with Crippen molar-refractivity contribution in [3.8, 4) is 28.8 Å². The summed E-state index contributed by atoms with van der Waals surface area (Å²) in [7, 11) is 1.64. The van der Waals surface area contributed by atoms with Gasteiger partial charge in [-0.1, -0.05) is 13.3 Å². The van der Waals surface area contributed by atoms with Crippen molar-refractivity contribution in [2.24, 2.45) is 0 Å². The zero-order valence-electron chi connectivity index (χ0n) is 16.5. The Balaban J connectivity index is 1.67. The minimum Gasteiger partial charge on any atom is -0.497 e. The fourth-order valence-corrected chi connectivity index (χ4v) is 3.37. The molecule has 148 valence electrons. The first-order chi connectivity index (χ1) is 14.2. The minimum atomic E-state index is 0.484. The normalized spacial score (nSPS) is 11.0. The number of hydrogen-bond acceptors (Lipinski definition) is 6. The lowest BCUT2D eigenvalue weighted by molar-refractivity contribution is 0.309. The van der Waals surface area contributed by atoms with Crippen LogP contribution < -0.4 is 14.8 Å². The molecule has 0 bridgehead atoms. The van der Waals surface area contributed by atoms with Crippen LogP contribution in [0.1, 0.15) is 24.8 Å². The van der Waals surface area contributed by atoms with Crippen molar-refractivity contribution in [2.75, 3.05) is 19.0 Å². The molecule has 0 atom stereocenters. The maximum absolute atomic E-state index is 9.54. The zero-order chi connectivity index (χ0) is 20.5. The van der Waals surface area contributed by atoms with E-state index >= 15 is 0 Å². The number of nitriles is 1. The Morgan fingerprint density at radius 1 is 1.14 bits per heavy atom. The van der Waals surface area contributed by atoms with E-state index in [1.807, 2.05) is 53.9 Å². The lowest BCUT2D eigenvalue weighted by atomic mass is 10.2. The number of anilines is 1. The molecule has 0 fully saturated rings. The van der Waals surface area contributed by atoms with E-state index in [2.05, 4.69) is 23.3 Å². The summed E-state index contributed by atoms with van der Waals surface area (Å²) < 4.78 is 10.9. The number of rotatable bonds is 9. The Labute approximate surface area is 175 Å². The zero-order valence-corrected chi connectivity index (χ0v) is 17.3. The molecule has 0 aliphatic rings. The Bertz CT molecular complexity index is 986. The molecule has 2 aromatic carbocycles. The number of unbranched alkanes of at least 4 members (excludes halogenated alkanes) is 1. The number of aromatic nitrogens is 1. The van der Waals surface area contributed by atoms with E-state index in [1.54, 1.807) is 13.3 Å². The van der Waals surface area contributed by atoms with Crippen LogP contribution in [-0.2, 0) is 0 Å². The average Bonchev–Trinajstić information content (AvgIpc) is 3.25. The number of benzene rings is 2. The largest absolute Gasteiger partial charge is 0.497 e. The first kappa shape index (κ1) is 20.4. The summed E-state index contributed by atoms with van der Waals surface area (Å²) in [6.07, 6.45) is 3.84. The van der Waals surface area contributed by atoms with Crippen molar-refractivity contribution in [3.05, 3.63) is 65.1 Å². The van der Waals surface area contributed by atoms with Crippen LogP contribution in [-0.4, -0.2) is 18.7 Å². The van der Waals surface area contributed by atoms with Crippen LogP contribution in [0.3, 0.4) is 0 Å². The van der Waals surface area contributed by atoms with Gasteiger partial charge in [-0.05, 0) is 55.0 Å². The molecule has 0 unspecified atom stereocenters. The molecule has 1 heterocycles. The second kappa shape index (κ2) is 10.3. The lowest BCUT2D eigenvalue weighted by Gasteiger charge is -2.06. The van der Waals surface area contributed by atoms with Crippen LogP contribution in [0.2, 0.25) is 0 Å². The number of nitrogens with one attached hydrogen (secondary N) is 1. The monoisotopic (exact) mass is 405 g/mol. The number of ether oxygens (including phenoxy) is 2. The molecule has 3 rings (SSSR count). The smallest absolute Gasteiger partial charge is 0.136 e. The molecule has 5 nitrogen and oxygen atoms in total. The Morgan fingerprint density at radius 3 is 2.52 bits per heavy atom. The van der Waals surface area contributed by atoms with Crippen molar-refractivity contribution < 1.29 is 9.47 Å². The Kier molecular flexibility index (Phi) is 7.26. The third-order valence-corrected chi connectivity index (χ3v) is 5.12. The summed E-state index contributed by atoms with van der Waals surface area (Å²) >= 11 is 1.44. The fourth-order valence-electron chi connectivity index (χ4n) is 2.57. The molecule has 0 spiro atoms. The van der Waals surface area contributed by atoms with E-state index in [0.717, 1.165) is 47.9 Å². The van der Waals surface area contributed by atoms with Crippen LogP contribution in [0.15, 0.2) is 60.1 Å². The average molecular weight is 406 g/mol. The van der Waals surface area contributed by atoms with Crippen molar-refractivity contribution >= 4 is 22.6 Å². The quantitative estimate of drug-likeness (QED) is 0.351. The molecule has 0 aliphatic heterocycles. The van der Waals surface area contributed by atoms with E-state index in [9.17, 15) is 5.26 Å². The SMILES string of the molecule is CCCCOc1ccc(NC=C(C#N)c2nc(-c3ccc(OC)cc3)cs2)cc1. The Morgan fingerprint density at radius 2 is 1.86 bits per heavy atom. The molecule has 0 saturated carbocycles. The Hall–Kier alpha value is -3.30. The summed E-state index contributed by atoms with van der Waals surface area (Å²) in [6, 6.07) is 17.6. The highest BCUT2D eigenvalue weighted by atomic mass is 32.1. The number of nitrogens with zero attached hydrogens (tertiary/aromatic N) is 2. The third-order valence-electron chi connectivity index (χ3n) is 4.24. The summed E-state index contributed by atoms with van der Waals surface area (Å²) in [5.74, 6) is 1.64. The van der Waals surface area contributed by atoms with Crippen molar-refractivity contribution in [3.63, 3.8) is 0 Å². The van der Waals surface area contributed by atoms with Gasteiger partial charge in [0.2, 0.25) is 0 Å². The summed E-state index contributed by atoms with van der Waals surface area (Å²) in [5, 5.41) is 15.3. The molecule has 0 saturated heterocycles. The highest BCUT2D eigenvalue weighted by molar-refractivity contribution is 7.11. The predicted molar refractivity (Wildman–Crippen MR) is 118 cm³/mol. The highest BCUT2D eigenvalue weighted by Gasteiger charge is 2.09. The van der Waals surface area contributed by atoms with Crippen LogP contribution in [0, 0.1) is 11.3 Å². The molecular formula is C23H23N3O2S. The predicted octanol–water partition coefficient (Wildman–Crippen LogP) is 5.97. The molecule has 1 aromatic heterocycles. The van der Waals surface area contributed by atoms with Crippen molar-refractivity contribution in [1.29, 1.82) is 5.26 Å². The van der Waals surface area contributed by atoms with Crippen LogP contribution in [0.4, 0.5) is 5.69 Å². The highest BCUT2D eigenvalue weighted by Crippen LogP contribution is 2.27. The molecule has 0 radical (unpaired) electrons. The van der Waals surface area contributed by atoms with Crippen molar-refractivity contribution in [1.82, 2.24) is 4.98 Å². The summed E-state index contributed by atoms with van der Waals surface area (Å²) in [4.78, 5) is 4.60. The number of allylic oxidation sites excluding steroid dienone is 1. The third kappa shape index (κ3) is 5.59. The molecule has 1 N–H and O–H groups in total. The van der Waals surface area contributed by atoms with Gasteiger partial charge in [-0.15, -0.1) is 11.3 Å². The maximum Gasteiger partial charge on any atom is 0.136 e. The maximum atomic E-state index is 9.54. The molecular weight excluding hydrogens is 382 g/mol. The van der Waals surface area contributed by atoms with Gasteiger partial charge in [0.15, 0.2) is 0 Å². The van der Waals surface area contributed by atoms with Gasteiger partial charge in [0, 0.05) is 22.8 Å². The van der Waals surface area contributed by atoms with Gasteiger partial charge in [-0.2, -0.15) is 5.26 Å². The number of thiazole rings is 1. The molecule has 3 aromatic rings. The molecule has 0 aliphatic carbocycles. The second-order valence-corrected chi connectivity index (χ2v) is 7.17. The molecule has 0 amide bonds. The van der Waals surface area contributed by atoms with Crippen LogP contribution >= 0.6 is 11.3 Å². The summed E-state index contributed by atoms with van der Waals surface area (Å²) in [6.45, 7) is 2.86. The van der Waals surface area contributed by atoms with E-state index in [-0.39, 0.29) is 0 Å². The summed E-state index contributed by atoms with van der Waals surface area (Å²) in [5.41, 5.74) is 3.19. The molecule has 29 heavy (non-hydrogen) atoms. The molecule has 6 heteroatoms. The van der Waals surface area contributed by atoms with E-state index < -0.39 is 0 Å². The van der Waals surface area contributed by atoms with Gasteiger partial charge in [0.05, 0.1) is 19.4 Å². The van der Waals surface area contributed by atoms with Crippen molar-refractivity contribution in [2.45, 2.75) is 19.8 Å².